The van der Waals surface area contributed by atoms with E-state index in [1.165, 1.54) is 6.20 Å². The van der Waals surface area contributed by atoms with Gasteiger partial charge in [0, 0.05) is 11.9 Å². The minimum Gasteiger partial charge on any atom is -0.477 e. The minimum atomic E-state index is -0.947. The van der Waals surface area contributed by atoms with Crippen LogP contribution in [0.5, 0.6) is 0 Å². The van der Waals surface area contributed by atoms with E-state index in [0.29, 0.717) is 0 Å². The predicted molar refractivity (Wildman–Crippen MR) is 57.6 cm³/mol. The van der Waals surface area contributed by atoms with E-state index in [9.17, 15) is 4.79 Å². The first-order valence-corrected chi connectivity index (χ1v) is 5.66. The van der Waals surface area contributed by atoms with Crippen molar-refractivity contribution in [2.45, 2.75) is 19.1 Å². The molecule has 0 saturated carbocycles. The number of hydrogen-bond donors (Lipinski definition) is 1. The number of nitrogens with zero attached hydrogens (tertiary/aromatic N) is 1. The normalized spacial score (nSPS) is 10.1. The van der Waals surface area contributed by atoms with Gasteiger partial charge in [-0.05, 0) is 23.8 Å². The second kappa shape index (κ2) is 5.65. The summed E-state index contributed by atoms with van der Waals surface area (Å²) in [6, 6.07) is 3.59. The van der Waals surface area contributed by atoms with Gasteiger partial charge in [-0.3, -0.25) is 0 Å². The van der Waals surface area contributed by atoms with Crippen molar-refractivity contribution in [3.63, 3.8) is 0 Å². The Balaban J connectivity index is 2.69. The van der Waals surface area contributed by atoms with Gasteiger partial charge in [0.1, 0.15) is 0 Å². The maximum absolute atomic E-state index is 10.8. The number of carboxylic acid groups (broad SMARTS) is 1. The average molecular weight is 211 g/mol. The molecule has 76 valence electrons. The molecule has 3 nitrogen and oxygen atoms in total. The Labute approximate surface area is 87.6 Å². The molecule has 1 aromatic rings. The lowest BCUT2D eigenvalue weighted by molar-refractivity contribution is 0.0689. The SMILES string of the molecule is CCCSCc1cccnc1C(=O)O. The maximum atomic E-state index is 10.8. The van der Waals surface area contributed by atoms with Crippen LogP contribution >= 0.6 is 11.8 Å². The van der Waals surface area contributed by atoms with Crippen molar-refractivity contribution in [1.29, 1.82) is 0 Å². The molecule has 0 aliphatic heterocycles. The average Bonchev–Trinajstić information content (AvgIpc) is 2.19. The molecule has 1 heterocycles. The van der Waals surface area contributed by atoms with Crippen LogP contribution in [-0.2, 0) is 5.75 Å². The van der Waals surface area contributed by atoms with Gasteiger partial charge in [-0.15, -0.1) is 0 Å². The zero-order valence-electron chi connectivity index (χ0n) is 8.06. The van der Waals surface area contributed by atoms with Crippen molar-refractivity contribution in [2.75, 3.05) is 5.75 Å². The molecular formula is C10H13NO2S. The Morgan fingerprint density at radius 2 is 2.43 bits per heavy atom. The summed E-state index contributed by atoms with van der Waals surface area (Å²) in [6.07, 6.45) is 2.62. The van der Waals surface area contributed by atoms with E-state index in [2.05, 4.69) is 11.9 Å². The second-order valence-electron chi connectivity index (χ2n) is 2.87. The largest absolute Gasteiger partial charge is 0.477 e. The standard InChI is InChI=1S/C10H13NO2S/c1-2-6-14-7-8-4-3-5-11-9(8)10(12)13/h3-5H,2,6-7H2,1H3,(H,12,13). The third-order valence-corrected chi connectivity index (χ3v) is 2.91. The summed E-state index contributed by atoms with van der Waals surface area (Å²) in [5, 5.41) is 8.85. The third kappa shape index (κ3) is 3.03. The van der Waals surface area contributed by atoms with Crippen molar-refractivity contribution >= 4 is 17.7 Å². The van der Waals surface area contributed by atoms with Gasteiger partial charge in [0.15, 0.2) is 5.69 Å². The number of carbonyl (C=O) groups is 1. The number of hydrogen-bond acceptors (Lipinski definition) is 3. The Morgan fingerprint density at radius 1 is 1.64 bits per heavy atom. The van der Waals surface area contributed by atoms with Crippen LogP contribution in [0.1, 0.15) is 29.4 Å². The monoisotopic (exact) mass is 211 g/mol. The molecule has 0 atom stereocenters. The fourth-order valence-corrected chi connectivity index (χ4v) is 1.96. The van der Waals surface area contributed by atoms with E-state index in [1.54, 1.807) is 17.8 Å². The molecule has 0 aliphatic rings. The highest BCUT2D eigenvalue weighted by atomic mass is 32.2. The Morgan fingerprint density at radius 3 is 3.07 bits per heavy atom. The number of thioether (sulfide) groups is 1. The van der Waals surface area contributed by atoms with Gasteiger partial charge in [0.25, 0.3) is 0 Å². The molecule has 1 rings (SSSR count). The molecule has 0 unspecified atom stereocenters. The molecular weight excluding hydrogens is 198 g/mol. The van der Waals surface area contributed by atoms with E-state index in [0.717, 1.165) is 23.5 Å². The smallest absolute Gasteiger partial charge is 0.354 e. The third-order valence-electron chi connectivity index (χ3n) is 1.70. The summed E-state index contributed by atoms with van der Waals surface area (Å²) in [5.41, 5.74) is 0.981. The number of carboxylic acids is 1. The van der Waals surface area contributed by atoms with Crippen molar-refractivity contribution in [1.82, 2.24) is 4.98 Å². The van der Waals surface area contributed by atoms with Gasteiger partial charge in [-0.2, -0.15) is 11.8 Å². The summed E-state index contributed by atoms with van der Waals surface area (Å²) in [4.78, 5) is 14.6. The minimum absolute atomic E-state index is 0.177. The lowest BCUT2D eigenvalue weighted by Gasteiger charge is -2.03. The van der Waals surface area contributed by atoms with E-state index in [1.807, 2.05) is 6.07 Å². The highest BCUT2D eigenvalue weighted by Gasteiger charge is 2.09. The van der Waals surface area contributed by atoms with Crippen molar-refractivity contribution in [3.05, 3.63) is 29.6 Å². The summed E-state index contributed by atoms with van der Waals surface area (Å²) in [7, 11) is 0. The highest BCUT2D eigenvalue weighted by Crippen LogP contribution is 2.15. The number of aromatic carboxylic acids is 1. The molecule has 1 aromatic heterocycles. The van der Waals surface area contributed by atoms with Crippen LogP contribution in [-0.4, -0.2) is 21.8 Å². The topological polar surface area (TPSA) is 50.2 Å². The van der Waals surface area contributed by atoms with Crippen LogP contribution in [0.4, 0.5) is 0 Å². The molecule has 0 amide bonds. The molecule has 0 bridgehead atoms. The van der Waals surface area contributed by atoms with Gasteiger partial charge in [0.2, 0.25) is 0 Å². The van der Waals surface area contributed by atoms with E-state index in [-0.39, 0.29) is 5.69 Å². The lowest BCUT2D eigenvalue weighted by atomic mass is 10.2. The van der Waals surface area contributed by atoms with E-state index < -0.39 is 5.97 Å². The van der Waals surface area contributed by atoms with Crippen molar-refractivity contribution < 1.29 is 9.90 Å². The molecule has 0 spiro atoms. The zero-order chi connectivity index (χ0) is 10.4. The molecule has 1 N–H and O–H groups in total. The van der Waals surface area contributed by atoms with Crippen LogP contribution < -0.4 is 0 Å². The van der Waals surface area contributed by atoms with Crippen LogP contribution in [0.3, 0.4) is 0 Å². The first kappa shape index (κ1) is 11.0. The van der Waals surface area contributed by atoms with Gasteiger partial charge in [-0.1, -0.05) is 13.0 Å². The molecule has 0 saturated heterocycles. The van der Waals surface area contributed by atoms with Crippen LogP contribution in [0.25, 0.3) is 0 Å². The number of pyridine rings is 1. The predicted octanol–water partition coefficient (Wildman–Crippen LogP) is 2.42. The Hall–Kier alpha value is -1.03. The van der Waals surface area contributed by atoms with Gasteiger partial charge >= 0.3 is 5.97 Å². The fourth-order valence-electron chi connectivity index (χ4n) is 1.07. The van der Waals surface area contributed by atoms with Crippen LogP contribution in [0.2, 0.25) is 0 Å². The molecule has 0 aliphatic carbocycles. The van der Waals surface area contributed by atoms with Crippen LogP contribution in [0, 0.1) is 0 Å². The molecule has 4 heteroatoms. The van der Waals surface area contributed by atoms with E-state index in [4.69, 9.17) is 5.11 Å². The van der Waals surface area contributed by atoms with Crippen molar-refractivity contribution in [2.24, 2.45) is 0 Å². The Bertz CT molecular complexity index is 315. The highest BCUT2D eigenvalue weighted by molar-refractivity contribution is 7.98. The molecule has 0 radical (unpaired) electrons. The lowest BCUT2D eigenvalue weighted by Crippen LogP contribution is -2.04. The fraction of sp³-hybridized carbons (Fsp3) is 0.400. The second-order valence-corrected chi connectivity index (χ2v) is 3.97. The zero-order valence-corrected chi connectivity index (χ0v) is 8.88. The molecule has 14 heavy (non-hydrogen) atoms. The molecule has 0 fully saturated rings. The number of aromatic nitrogens is 1. The summed E-state index contributed by atoms with van der Waals surface area (Å²) in [6.45, 7) is 2.11. The van der Waals surface area contributed by atoms with Gasteiger partial charge < -0.3 is 5.11 Å². The first-order chi connectivity index (χ1) is 6.75. The quantitative estimate of drug-likeness (QED) is 0.760. The maximum Gasteiger partial charge on any atom is 0.354 e. The molecule has 0 aromatic carbocycles. The van der Waals surface area contributed by atoms with Crippen molar-refractivity contribution in [3.8, 4) is 0 Å². The first-order valence-electron chi connectivity index (χ1n) is 4.50. The summed E-state index contributed by atoms with van der Waals surface area (Å²) < 4.78 is 0. The van der Waals surface area contributed by atoms with Gasteiger partial charge in [0.05, 0.1) is 0 Å². The Kier molecular flexibility index (Phi) is 4.46. The van der Waals surface area contributed by atoms with E-state index >= 15 is 0 Å². The summed E-state index contributed by atoms with van der Waals surface area (Å²) in [5.74, 6) is 0.828. The van der Waals surface area contributed by atoms with Crippen LogP contribution in [0.15, 0.2) is 18.3 Å². The van der Waals surface area contributed by atoms with Gasteiger partial charge in [-0.25, -0.2) is 9.78 Å². The number of rotatable bonds is 5. The summed E-state index contributed by atoms with van der Waals surface area (Å²) >= 11 is 1.73.